The molecule has 2 N–H and O–H groups in total. The summed E-state index contributed by atoms with van der Waals surface area (Å²) in [4.78, 5) is 0. The molecule has 0 fully saturated rings. The third-order valence-electron chi connectivity index (χ3n) is 0. The molecule has 0 aliphatic rings. The van der Waals surface area contributed by atoms with Crippen LogP contribution in [0.1, 0.15) is 0 Å². The van der Waals surface area contributed by atoms with E-state index in [0.717, 1.165) is 0 Å². The molecule has 0 rings (SSSR count). The van der Waals surface area contributed by atoms with Crippen LogP contribution in [0.5, 0.6) is 0 Å². The Kier molecular flexibility index (Phi) is 1.33. The lowest BCUT2D eigenvalue weighted by atomic mass is 14.0. The lowest BCUT2D eigenvalue weighted by Gasteiger charge is -1.67. The van der Waals surface area contributed by atoms with Gasteiger partial charge in [-0.2, -0.15) is 0 Å². The minimum absolute atomic E-state index is 2.12. The third kappa shape index (κ3) is 165. The molecule has 32 valence electrons. The second-order valence-corrected chi connectivity index (χ2v) is 4.13. The van der Waals surface area contributed by atoms with Gasteiger partial charge in [0.05, 0.1) is 14.8 Å². The van der Waals surface area contributed by atoms with Crippen LogP contribution in [0.15, 0.2) is 0 Å². The molecule has 5 heavy (non-hydrogen) atoms. The monoisotopic (exact) mass is 159 g/mol. The number of hydrogen-bond acceptors (Lipinski definition) is 2. The van der Waals surface area contributed by atoms with Gasteiger partial charge in [0, 0.05) is 0 Å². The first-order chi connectivity index (χ1) is 2.00. The largest absolute Gasteiger partial charge is 0.269 e. The number of rotatable bonds is 0. The van der Waals surface area contributed by atoms with E-state index in [1.54, 1.807) is 0 Å². The Hall–Kier alpha value is 0.390. The van der Waals surface area contributed by atoms with E-state index in [4.69, 9.17) is 0 Å². The molecule has 0 atom stereocenters. The average Bonchev–Trinajstić information content (AvgIpc) is 0.722. The van der Waals surface area contributed by atoms with Gasteiger partial charge < -0.3 is 0 Å². The summed E-state index contributed by atoms with van der Waals surface area (Å²) in [5, 5.41) is 4.24. The molecular weight excluding hydrogens is 158 g/mol. The van der Waals surface area contributed by atoms with E-state index in [-0.39, 0.29) is 0 Å². The van der Waals surface area contributed by atoms with E-state index in [1.807, 2.05) is 0 Å². The smallest absolute Gasteiger partial charge is 0.219 e. The molecule has 0 saturated heterocycles. The van der Waals surface area contributed by atoms with Crippen LogP contribution in [-0.2, 0) is 8.46 Å². The predicted octanol–water partition coefficient (Wildman–Crippen LogP) is -0.415. The van der Waals surface area contributed by atoms with Gasteiger partial charge in [-0.25, -0.2) is 13.6 Å². The van der Waals surface area contributed by atoms with Crippen LogP contribution in [0.4, 0.5) is 0 Å². The van der Waals surface area contributed by atoms with E-state index in [0.29, 0.717) is 0 Å². The Bertz CT molecular complexity index is 92.8. The fourth-order valence-corrected chi connectivity index (χ4v) is 0. The Morgan fingerprint density at radius 3 is 1.60 bits per heavy atom. The molecule has 0 aromatic carbocycles. The Morgan fingerprint density at radius 1 is 1.60 bits per heavy atom. The fourth-order valence-electron chi connectivity index (χ4n) is 0. The van der Waals surface area contributed by atoms with Gasteiger partial charge in [0.2, 0.25) is 0 Å². The van der Waals surface area contributed by atoms with Gasteiger partial charge in [0.1, 0.15) is 0 Å². The normalized spacial score (nSPS) is 11.6. The summed E-state index contributed by atoms with van der Waals surface area (Å²) in [6, 6.07) is 0. The highest BCUT2D eigenvalue weighted by Crippen LogP contribution is 1.83. The molecular formula is H2BrNO2S. The van der Waals surface area contributed by atoms with Gasteiger partial charge in [0.25, 0.3) is 8.46 Å². The standard InChI is InChI=1S/BrH2NO2S/c1-5(2,3)4/h(H2,2,3,4). The summed E-state index contributed by atoms with van der Waals surface area (Å²) in [6.45, 7) is 0. The van der Waals surface area contributed by atoms with Crippen LogP contribution in [0, 0.1) is 0 Å². The summed E-state index contributed by atoms with van der Waals surface area (Å²) in [5.74, 6) is 0. The maximum absolute atomic E-state index is 9.33. The van der Waals surface area contributed by atoms with Crippen LogP contribution in [0.25, 0.3) is 0 Å². The minimum Gasteiger partial charge on any atom is -0.219 e. The number of nitrogens with two attached hydrogens (primary N) is 1. The first-order valence-electron chi connectivity index (χ1n) is 0.723. The van der Waals surface area contributed by atoms with Crippen molar-refractivity contribution in [2.75, 3.05) is 0 Å². The first-order valence-corrected chi connectivity index (χ1v) is 4.11. The molecule has 0 aromatic rings. The molecule has 0 bridgehead atoms. The van der Waals surface area contributed by atoms with Crippen molar-refractivity contribution in [3.05, 3.63) is 0 Å². The molecule has 0 saturated carbocycles. The Morgan fingerprint density at radius 2 is 1.60 bits per heavy atom. The molecule has 5 heteroatoms. The molecule has 0 aliphatic carbocycles. The van der Waals surface area contributed by atoms with E-state index in [1.165, 1.54) is 0 Å². The number of halogens is 1. The van der Waals surface area contributed by atoms with Crippen molar-refractivity contribution < 1.29 is 8.42 Å². The summed E-state index contributed by atoms with van der Waals surface area (Å²) >= 11 is 2.12. The molecule has 0 unspecified atom stereocenters. The van der Waals surface area contributed by atoms with Crippen molar-refractivity contribution >= 4 is 23.3 Å². The first kappa shape index (κ1) is 5.39. The van der Waals surface area contributed by atoms with Crippen molar-refractivity contribution in [2.24, 2.45) is 5.14 Å². The maximum atomic E-state index is 9.33. The molecule has 0 aromatic heterocycles. The molecule has 0 heterocycles. The Balaban J connectivity index is 4.06. The third-order valence-corrected chi connectivity index (χ3v) is 0. The SMILES string of the molecule is NS(=O)(=O)Br. The summed E-state index contributed by atoms with van der Waals surface area (Å²) < 4.78 is 18.7. The molecule has 0 spiro atoms. The molecule has 0 aliphatic heterocycles. The molecule has 3 nitrogen and oxygen atoms in total. The highest BCUT2D eigenvalue weighted by Gasteiger charge is 1.83. The summed E-state index contributed by atoms with van der Waals surface area (Å²) in [7, 11) is -3.35. The minimum atomic E-state index is -3.35. The van der Waals surface area contributed by atoms with Crippen molar-refractivity contribution in [1.82, 2.24) is 0 Å². The van der Waals surface area contributed by atoms with Gasteiger partial charge in [-0.3, -0.25) is 0 Å². The van der Waals surface area contributed by atoms with Crippen LogP contribution in [0.2, 0.25) is 0 Å². The van der Waals surface area contributed by atoms with Gasteiger partial charge in [-0.1, -0.05) is 0 Å². The van der Waals surface area contributed by atoms with Crippen molar-refractivity contribution in [3.63, 3.8) is 0 Å². The lowest BCUT2D eigenvalue weighted by molar-refractivity contribution is 0.613. The zero-order chi connectivity index (χ0) is 4.50. The van der Waals surface area contributed by atoms with Crippen molar-refractivity contribution in [2.45, 2.75) is 0 Å². The second-order valence-electron chi connectivity index (χ2n) is 0.476. The Labute approximate surface area is 37.4 Å². The van der Waals surface area contributed by atoms with Gasteiger partial charge >= 0.3 is 0 Å². The van der Waals surface area contributed by atoms with Gasteiger partial charge in [-0.15, -0.1) is 0 Å². The van der Waals surface area contributed by atoms with Crippen LogP contribution >= 0.6 is 14.8 Å². The quantitative estimate of drug-likeness (QED) is 0.489. The second kappa shape index (κ2) is 1.24. The van der Waals surface area contributed by atoms with Crippen LogP contribution in [-0.4, -0.2) is 8.42 Å². The van der Waals surface area contributed by atoms with E-state index >= 15 is 0 Å². The summed E-state index contributed by atoms with van der Waals surface area (Å²) in [5.41, 5.74) is 0. The van der Waals surface area contributed by atoms with Gasteiger partial charge in [-0.05, 0) is 0 Å². The van der Waals surface area contributed by atoms with E-state index in [2.05, 4.69) is 20.0 Å². The zero-order valence-corrected chi connectivity index (χ0v) is 4.58. The highest BCUT2D eigenvalue weighted by atomic mass is 79.9. The topological polar surface area (TPSA) is 60.2 Å². The van der Waals surface area contributed by atoms with Crippen LogP contribution in [0.3, 0.4) is 0 Å². The fraction of sp³-hybridized carbons (Fsp3) is 0. The maximum Gasteiger partial charge on any atom is 0.269 e. The van der Waals surface area contributed by atoms with Crippen LogP contribution < -0.4 is 5.14 Å². The lowest BCUT2D eigenvalue weighted by Crippen LogP contribution is -1.99. The summed E-state index contributed by atoms with van der Waals surface area (Å²) in [6.07, 6.45) is 0. The van der Waals surface area contributed by atoms with E-state index in [9.17, 15) is 8.42 Å². The van der Waals surface area contributed by atoms with E-state index < -0.39 is 8.46 Å². The van der Waals surface area contributed by atoms with Gasteiger partial charge in [0.15, 0.2) is 0 Å². The van der Waals surface area contributed by atoms with Crippen molar-refractivity contribution in [3.8, 4) is 0 Å². The molecule has 0 radical (unpaired) electrons. The average molecular weight is 160 g/mol. The van der Waals surface area contributed by atoms with Crippen molar-refractivity contribution in [1.29, 1.82) is 0 Å². The highest BCUT2D eigenvalue weighted by molar-refractivity contribution is 9.47. The predicted molar refractivity (Wildman–Crippen MR) is 22.0 cm³/mol. The number of hydrogen-bond donors (Lipinski definition) is 1. The molecule has 0 amide bonds. The zero-order valence-electron chi connectivity index (χ0n) is 2.18.